The average Bonchev–Trinajstić information content (AvgIpc) is 3.01. The molecular weight excluding hydrogens is 252 g/mol. The number of hydrogen-bond donors (Lipinski definition) is 1. The molecule has 1 N–H and O–H groups in total. The molecule has 1 aliphatic heterocycles. The molecule has 0 radical (unpaired) electrons. The second-order valence-corrected chi connectivity index (χ2v) is 5.30. The van der Waals surface area contributed by atoms with E-state index in [1.54, 1.807) is 7.11 Å². The second-order valence-electron chi connectivity index (χ2n) is 5.30. The van der Waals surface area contributed by atoms with Crippen LogP contribution in [0.3, 0.4) is 0 Å². The van der Waals surface area contributed by atoms with Crippen LogP contribution in [0.5, 0.6) is 5.75 Å². The van der Waals surface area contributed by atoms with Gasteiger partial charge in [-0.15, -0.1) is 0 Å². The minimum atomic E-state index is 0.359. The first-order valence-electron chi connectivity index (χ1n) is 7.05. The molecule has 1 aromatic carbocycles. The zero-order valence-electron chi connectivity index (χ0n) is 11.9. The lowest BCUT2D eigenvalue weighted by Gasteiger charge is -2.20. The van der Waals surface area contributed by atoms with Crippen LogP contribution in [-0.2, 0) is 4.74 Å². The van der Waals surface area contributed by atoms with Crippen molar-refractivity contribution in [3.8, 4) is 5.75 Å². The van der Waals surface area contributed by atoms with E-state index in [4.69, 9.17) is 9.47 Å². The Bertz CT molecular complexity index is 594. The molecule has 1 saturated heterocycles. The largest absolute Gasteiger partial charge is 0.497 e. The maximum Gasteiger partial charge on any atom is 0.134 e. The summed E-state index contributed by atoms with van der Waals surface area (Å²) < 4.78 is 10.7. The Balaban J connectivity index is 1.87. The third-order valence-electron chi connectivity index (χ3n) is 4.01. The topological polar surface area (TPSA) is 43.4 Å². The van der Waals surface area contributed by atoms with E-state index in [0.29, 0.717) is 12.0 Å². The highest BCUT2D eigenvalue weighted by Crippen LogP contribution is 2.27. The number of anilines is 1. The number of benzene rings is 1. The van der Waals surface area contributed by atoms with Crippen LogP contribution in [0.1, 0.15) is 13.3 Å². The minimum absolute atomic E-state index is 0.359. The van der Waals surface area contributed by atoms with Crippen molar-refractivity contribution in [2.45, 2.75) is 19.4 Å². The SMILES string of the molecule is COc1ccc2c(NC(C)C3CCOC3)nccc2c1. The standard InChI is InChI=1S/C16H20N2O2/c1-11(13-6-8-20-10-13)18-16-15-4-3-14(19-2)9-12(15)5-7-17-16/h3-5,7,9,11,13H,6,8,10H2,1-2H3,(H,17,18). The molecule has 1 aromatic heterocycles. The van der Waals surface area contributed by atoms with Gasteiger partial charge >= 0.3 is 0 Å². The summed E-state index contributed by atoms with van der Waals surface area (Å²) in [4.78, 5) is 4.48. The lowest BCUT2D eigenvalue weighted by atomic mass is 10.0. The molecule has 1 fully saturated rings. The summed E-state index contributed by atoms with van der Waals surface area (Å²) in [5.74, 6) is 2.36. The summed E-state index contributed by atoms with van der Waals surface area (Å²) in [5.41, 5.74) is 0. The smallest absolute Gasteiger partial charge is 0.134 e. The van der Waals surface area contributed by atoms with Crippen LogP contribution in [0.4, 0.5) is 5.82 Å². The highest BCUT2D eigenvalue weighted by molar-refractivity contribution is 5.92. The molecule has 2 heterocycles. The average molecular weight is 272 g/mol. The maximum atomic E-state index is 5.46. The van der Waals surface area contributed by atoms with Gasteiger partial charge in [-0.25, -0.2) is 4.98 Å². The van der Waals surface area contributed by atoms with Gasteiger partial charge in [-0.3, -0.25) is 0 Å². The molecule has 2 atom stereocenters. The second kappa shape index (κ2) is 5.67. The first kappa shape index (κ1) is 13.2. The molecule has 0 saturated carbocycles. The van der Waals surface area contributed by atoms with Crippen molar-refractivity contribution in [2.75, 3.05) is 25.6 Å². The molecule has 4 heteroatoms. The van der Waals surface area contributed by atoms with Gasteiger partial charge in [0.2, 0.25) is 0 Å². The number of ether oxygens (including phenoxy) is 2. The number of aromatic nitrogens is 1. The van der Waals surface area contributed by atoms with E-state index in [0.717, 1.165) is 42.0 Å². The van der Waals surface area contributed by atoms with E-state index >= 15 is 0 Å². The molecule has 0 aliphatic carbocycles. The third-order valence-corrected chi connectivity index (χ3v) is 4.01. The summed E-state index contributed by atoms with van der Waals surface area (Å²) in [5, 5.41) is 5.79. The van der Waals surface area contributed by atoms with Gasteiger partial charge < -0.3 is 14.8 Å². The zero-order valence-corrected chi connectivity index (χ0v) is 11.9. The number of pyridine rings is 1. The van der Waals surface area contributed by atoms with Gasteiger partial charge in [0.15, 0.2) is 0 Å². The molecule has 0 amide bonds. The lowest BCUT2D eigenvalue weighted by Crippen LogP contribution is -2.26. The van der Waals surface area contributed by atoms with Crippen molar-refractivity contribution < 1.29 is 9.47 Å². The molecule has 20 heavy (non-hydrogen) atoms. The Morgan fingerprint density at radius 3 is 3.05 bits per heavy atom. The molecule has 106 valence electrons. The summed E-state index contributed by atoms with van der Waals surface area (Å²) in [7, 11) is 1.68. The highest BCUT2D eigenvalue weighted by Gasteiger charge is 2.22. The van der Waals surface area contributed by atoms with Crippen LogP contribution >= 0.6 is 0 Å². The number of rotatable bonds is 4. The van der Waals surface area contributed by atoms with Crippen LogP contribution in [0.15, 0.2) is 30.5 Å². The van der Waals surface area contributed by atoms with Crippen molar-refractivity contribution in [1.82, 2.24) is 4.98 Å². The van der Waals surface area contributed by atoms with Crippen LogP contribution in [0.2, 0.25) is 0 Å². The van der Waals surface area contributed by atoms with E-state index in [2.05, 4.69) is 23.3 Å². The van der Waals surface area contributed by atoms with E-state index in [1.807, 2.05) is 24.4 Å². The van der Waals surface area contributed by atoms with E-state index in [9.17, 15) is 0 Å². The Kier molecular flexibility index (Phi) is 3.74. The van der Waals surface area contributed by atoms with Crippen molar-refractivity contribution in [2.24, 2.45) is 5.92 Å². The maximum absolute atomic E-state index is 5.46. The number of nitrogens with one attached hydrogen (secondary N) is 1. The van der Waals surface area contributed by atoms with E-state index in [-0.39, 0.29) is 0 Å². The molecule has 1 aliphatic rings. The Labute approximate surface area is 119 Å². The number of nitrogens with zero attached hydrogens (tertiary/aromatic N) is 1. The molecule has 4 nitrogen and oxygen atoms in total. The van der Waals surface area contributed by atoms with Crippen molar-refractivity contribution >= 4 is 16.6 Å². The first-order chi connectivity index (χ1) is 9.78. The predicted octanol–water partition coefficient (Wildman–Crippen LogP) is 3.08. The number of fused-ring (bicyclic) bond motifs is 1. The monoisotopic (exact) mass is 272 g/mol. The Hall–Kier alpha value is -1.81. The fourth-order valence-electron chi connectivity index (χ4n) is 2.68. The number of hydrogen-bond acceptors (Lipinski definition) is 4. The van der Waals surface area contributed by atoms with Gasteiger partial charge in [-0.05, 0) is 43.0 Å². The Morgan fingerprint density at radius 2 is 2.30 bits per heavy atom. The van der Waals surface area contributed by atoms with E-state index < -0.39 is 0 Å². The predicted molar refractivity (Wildman–Crippen MR) is 80.3 cm³/mol. The normalized spacial score (nSPS) is 20.0. The van der Waals surface area contributed by atoms with E-state index in [1.165, 1.54) is 0 Å². The van der Waals surface area contributed by atoms with Crippen LogP contribution in [0, 0.1) is 5.92 Å². The van der Waals surface area contributed by atoms with Crippen molar-refractivity contribution in [3.05, 3.63) is 30.5 Å². The quantitative estimate of drug-likeness (QED) is 0.929. The fourth-order valence-corrected chi connectivity index (χ4v) is 2.68. The van der Waals surface area contributed by atoms with Gasteiger partial charge in [0.05, 0.1) is 13.7 Å². The summed E-state index contributed by atoms with van der Waals surface area (Å²) in [6.45, 7) is 3.91. The van der Waals surface area contributed by atoms with Crippen LogP contribution in [-0.4, -0.2) is 31.3 Å². The molecule has 2 unspecified atom stereocenters. The van der Waals surface area contributed by atoms with Gasteiger partial charge in [0.25, 0.3) is 0 Å². The van der Waals surface area contributed by atoms with Crippen molar-refractivity contribution in [1.29, 1.82) is 0 Å². The molecule has 0 bridgehead atoms. The summed E-state index contributed by atoms with van der Waals surface area (Å²) in [6.07, 6.45) is 2.95. The molecule has 0 spiro atoms. The van der Waals surface area contributed by atoms with Crippen LogP contribution < -0.4 is 10.1 Å². The summed E-state index contributed by atoms with van der Waals surface area (Å²) >= 11 is 0. The molecular formula is C16H20N2O2. The first-order valence-corrected chi connectivity index (χ1v) is 7.05. The van der Waals surface area contributed by atoms with Crippen LogP contribution in [0.25, 0.3) is 10.8 Å². The fraction of sp³-hybridized carbons (Fsp3) is 0.438. The highest BCUT2D eigenvalue weighted by atomic mass is 16.5. The lowest BCUT2D eigenvalue weighted by molar-refractivity contribution is 0.183. The minimum Gasteiger partial charge on any atom is -0.497 e. The van der Waals surface area contributed by atoms with Gasteiger partial charge in [-0.1, -0.05) is 0 Å². The molecule has 2 aromatic rings. The zero-order chi connectivity index (χ0) is 13.9. The molecule has 3 rings (SSSR count). The number of methoxy groups -OCH3 is 1. The summed E-state index contributed by atoms with van der Waals surface area (Å²) in [6, 6.07) is 8.43. The van der Waals surface area contributed by atoms with Gasteiger partial charge in [0, 0.05) is 30.1 Å². The van der Waals surface area contributed by atoms with Crippen molar-refractivity contribution in [3.63, 3.8) is 0 Å². The third kappa shape index (κ3) is 2.56. The van der Waals surface area contributed by atoms with Gasteiger partial charge in [0.1, 0.15) is 11.6 Å². The van der Waals surface area contributed by atoms with Gasteiger partial charge in [-0.2, -0.15) is 0 Å². The Morgan fingerprint density at radius 1 is 1.40 bits per heavy atom.